The molecule has 1 aromatic rings. The minimum absolute atomic E-state index is 0.536. The smallest absolute Gasteiger partial charge is 0.0546 e. The third-order valence-corrected chi connectivity index (χ3v) is 4.57. The summed E-state index contributed by atoms with van der Waals surface area (Å²) in [6.07, 6.45) is 2.58. The van der Waals surface area contributed by atoms with E-state index in [0.29, 0.717) is 11.3 Å². The van der Waals surface area contributed by atoms with E-state index in [-0.39, 0.29) is 0 Å². The summed E-state index contributed by atoms with van der Waals surface area (Å²) in [5.74, 6) is 0.621. The van der Waals surface area contributed by atoms with Crippen molar-refractivity contribution in [3.8, 4) is 0 Å². The molecule has 2 heterocycles. The Hall–Kier alpha value is -1.02. The lowest BCUT2D eigenvalue weighted by Gasteiger charge is -2.47. The van der Waals surface area contributed by atoms with Gasteiger partial charge in [0.1, 0.15) is 0 Å². The highest BCUT2D eigenvalue weighted by molar-refractivity contribution is 5.48. The molecule has 2 heteroatoms. The van der Waals surface area contributed by atoms with Crippen LogP contribution in [0.1, 0.15) is 38.2 Å². The van der Waals surface area contributed by atoms with Crippen molar-refractivity contribution in [1.82, 2.24) is 0 Å². The van der Waals surface area contributed by atoms with Gasteiger partial charge in [0.25, 0.3) is 0 Å². The van der Waals surface area contributed by atoms with Crippen molar-refractivity contribution in [2.45, 2.75) is 32.6 Å². The molecule has 2 fully saturated rings. The van der Waals surface area contributed by atoms with Crippen molar-refractivity contribution < 1.29 is 4.74 Å². The van der Waals surface area contributed by atoms with Gasteiger partial charge in [-0.05, 0) is 36.5 Å². The maximum Gasteiger partial charge on any atom is 0.0546 e. The molecule has 1 spiro atoms. The average molecular weight is 245 g/mol. The first-order chi connectivity index (χ1) is 8.69. The van der Waals surface area contributed by atoms with Gasteiger partial charge >= 0.3 is 0 Å². The van der Waals surface area contributed by atoms with Crippen LogP contribution in [-0.4, -0.2) is 26.3 Å². The Kier molecular flexibility index (Phi) is 3.06. The molecule has 98 valence electrons. The SMILES string of the molecule is CC(C)c1ccc(N2CCC3(CC2)COC3)cc1. The van der Waals surface area contributed by atoms with Crippen molar-refractivity contribution in [1.29, 1.82) is 0 Å². The normalized spacial score (nSPS) is 22.3. The second-order valence-electron chi connectivity index (χ2n) is 6.23. The van der Waals surface area contributed by atoms with Crippen LogP contribution < -0.4 is 4.90 Å². The monoisotopic (exact) mass is 245 g/mol. The molecule has 2 aliphatic heterocycles. The van der Waals surface area contributed by atoms with Crippen LogP contribution in [-0.2, 0) is 4.74 Å². The molecule has 0 amide bonds. The molecule has 0 atom stereocenters. The molecule has 0 aromatic heterocycles. The third kappa shape index (κ3) is 2.14. The molecule has 0 bridgehead atoms. The number of nitrogens with zero attached hydrogens (tertiary/aromatic N) is 1. The molecular formula is C16H23NO. The van der Waals surface area contributed by atoms with Crippen LogP contribution in [0.3, 0.4) is 0 Å². The number of ether oxygens (including phenoxy) is 1. The van der Waals surface area contributed by atoms with Crippen LogP contribution >= 0.6 is 0 Å². The van der Waals surface area contributed by atoms with Crippen LogP contribution in [0.2, 0.25) is 0 Å². The van der Waals surface area contributed by atoms with E-state index in [1.54, 1.807) is 0 Å². The molecule has 0 unspecified atom stereocenters. The van der Waals surface area contributed by atoms with E-state index in [0.717, 1.165) is 13.2 Å². The summed E-state index contributed by atoms with van der Waals surface area (Å²) >= 11 is 0. The third-order valence-electron chi connectivity index (χ3n) is 4.57. The van der Waals surface area contributed by atoms with Gasteiger partial charge < -0.3 is 9.64 Å². The lowest BCUT2D eigenvalue weighted by molar-refractivity contribution is -0.124. The van der Waals surface area contributed by atoms with E-state index in [1.165, 1.54) is 37.2 Å². The van der Waals surface area contributed by atoms with Gasteiger partial charge in [-0.3, -0.25) is 0 Å². The second kappa shape index (κ2) is 4.58. The number of piperidine rings is 1. The standard InChI is InChI=1S/C16H23NO/c1-13(2)14-3-5-15(6-4-14)17-9-7-16(8-10-17)11-18-12-16/h3-6,13H,7-12H2,1-2H3. The first-order valence-electron chi connectivity index (χ1n) is 7.11. The first-order valence-corrected chi connectivity index (χ1v) is 7.11. The number of hydrogen-bond donors (Lipinski definition) is 0. The average Bonchev–Trinajstić information content (AvgIpc) is 2.37. The Morgan fingerprint density at radius 1 is 1.06 bits per heavy atom. The van der Waals surface area contributed by atoms with Crippen molar-refractivity contribution in [2.75, 3.05) is 31.2 Å². The molecule has 0 saturated carbocycles. The molecule has 0 aliphatic carbocycles. The fourth-order valence-corrected chi connectivity index (χ4v) is 2.99. The summed E-state index contributed by atoms with van der Waals surface area (Å²) in [6.45, 7) is 8.85. The van der Waals surface area contributed by atoms with E-state index in [1.807, 2.05) is 0 Å². The summed E-state index contributed by atoms with van der Waals surface area (Å²) in [5, 5.41) is 0. The first kappa shape index (κ1) is 12.0. The Morgan fingerprint density at radius 2 is 1.67 bits per heavy atom. The van der Waals surface area contributed by atoms with Crippen molar-refractivity contribution in [3.63, 3.8) is 0 Å². The molecule has 3 rings (SSSR count). The van der Waals surface area contributed by atoms with E-state index >= 15 is 0 Å². The molecule has 2 nitrogen and oxygen atoms in total. The van der Waals surface area contributed by atoms with Gasteiger partial charge in [-0.25, -0.2) is 0 Å². The zero-order chi connectivity index (χ0) is 12.6. The Labute approximate surface area is 110 Å². The molecule has 0 N–H and O–H groups in total. The maximum absolute atomic E-state index is 5.38. The highest BCUT2D eigenvalue weighted by Crippen LogP contribution is 2.39. The van der Waals surface area contributed by atoms with E-state index in [9.17, 15) is 0 Å². The molecule has 18 heavy (non-hydrogen) atoms. The summed E-state index contributed by atoms with van der Waals surface area (Å²) in [7, 11) is 0. The molecule has 1 aromatic carbocycles. The van der Waals surface area contributed by atoms with Gasteiger partial charge in [-0.15, -0.1) is 0 Å². The van der Waals surface area contributed by atoms with Gasteiger partial charge in [0.05, 0.1) is 13.2 Å². The summed E-state index contributed by atoms with van der Waals surface area (Å²) in [5.41, 5.74) is 3.35. The van der Waals surface area contributed by atoms with Crippen molar-refractivity contribution in [3.05, 3.63) is 29.8 Å². The molecule has 2 saturated heterocycles. The Bertz CT molecular complexity index is 396. The number of rotatable bonds is 2. The minimum Gasteiger partial charge on any atom is -0.380 e. The summed E-state index contributed by atoms with van der Waals surface area (Å²) < 4.78 is 5.38. The van der Waals surface area contributed by atoms with E-state index < -0.39 is 0 Å². The van der Waals surface area contributed by atoms with Crippen LogP contribution in [0.4, 0.5) is 5.69 Å². The lowest BCUT2D eigenvalue weighted by Crippen LogP contribution is -2.50. The minimum atomic E-state index is 0.536. The largest absolute Gasteiger partial charge is 0.380 e. The Morgan fingerprint density at radius 3 is 2.11 bits per heavy atom. The van der Waals surface area contributed by atoms with Gasteiger partial charge in [0.2, 0.25) is 0 Å². The topological polar surface area (TPSA) is 12.5 Å². The van der Waals surface area contributed by atoms with Crippen LogP contribution in [0.5, 0.6) is 0 Å². The number of hydrogen-bond acceptors (Lipinski definition) is 2. The predicted octanol–water partition coefficient (Wildman–Crippen LogP) is 3.43. The fraction of sp³-hybridized carbons (Fsp3) is 0.625. The van der Waals surface area contributed by atoms with Crippen LogP contribution in [0.15, 0.2) is 24.3 Å². The van der Waals surface area contributed by atoms with Crippen molar-refractivity contribution >= 4 is 5.69 Å². The van der Waals surface area contributed by atoms with Gasteiger partial charge in [0.15, 0.2) is 0 Å². The number of anilines is 1. The highest BCUT2D eigenvalue weighted by atomic mass is 16.5. The Balaban J connectivity index is 1.65. The van der Waals surface area contributed by atoms with Gasteiger partial charge in [-0.1, -0.05) is 26.0 Å². The summed E-state index contributed by atoms with van der Waals surface area (Å²) in [4.78, 5) is 2.52. The van der Waals surface area contributed by atoms with Gasteiger partial charge in [-0.2, -0.15) is 0 Å². The second-order valence-corrected chi connectivity index (χ2v) is 6.23. The van der Waals surface area contributed by atoms with E-state index in [4.69, 9.17) is 4.74 Å². The molecule has 2 aliphatic rings. The maximum atomic E-state index is 5.38. The molecular weight excluding hydrogens is 222 g/mol. The van der Waals surface area contributed by atoms with Crippen molar-refractivity contribution in [2.24, 2.45) is 5.41 Å². The zero-order valence-corrected chi connectivity index (χ0v) is 11.5. The molecule has 0 radical (unpaired) electrons. The zero-order valence-electron chi connectivity index (χ0n) is 11.5. The number of benzene rings is 1. The lowest BCUT2D eigenvalue weighted by atomic mass is 9.77. The predicted molar refractivity (Wildman–Crippen MR) is 75.2 cm³/mol. The highest BCUT2D eigenvalue weighted by Gasteiger charge is 2.41. The van der Waals surface area contributed by atoms with Gasteiger partial charge in [0, 0.05) is 24.2 Å². The fourth-order valence-electron chi connectivity index (χ4n) is 2.99. The quantitative estimate of drug-likeness (QED) is 0.791. The van der Waals surface area contributed by atoms with E-state index in [2.05, 4.69) is 43.0 Å². The van der Waals surface area contributed by atoms with Crippen LogP contribution in [0.25, 0.3) is 0 Å². The van der Waals surface area contributed by atoms with Crippen LogP contribution in [0, 0.1) is 5.41 Å². The summed E-state index contributed by atoms with van der Waals surface area (Å²) in [6, 6.07) is 9.11.